The van der Waals surface area contributed by atoms with E-state index in [1.807, 2.05) is 52.3 Å². The predicted molar refractivity (Wildman–Crippen MR) is 198 cm³/mol. The third kappa shape index (κ3) is 8.02. The van der Waals surface area contributed by atoms with E-state index in [2.05, 4.69) is 42.8 Å². The highest BCUT2D eigenvalue weighted by atomic mass is 16.5. The van der Waals surface area contributed by atoms with Gasteiger partial charge in [-0.25, -0.2) is 4.79 Å². The van der Waals surface area contributed by atoms with Gasteiger partial charge in [-0.15, -0.1) is 0 Å². The number of methoxy groups -OCH3 is 1. The van der Waals surface area contributed by atoms with E-state index in [1.54, 1.807) is 24.3 Å². The van der Waals surface area contributed by atoms with Crippen molar-refractivity contribution in [3.05, 3.63) is 100 Å². The number of benzene rings is 3. The molecule has 6 rings (SSSR count). The van der Waals surface area contributed by atoms with Crippen LogP contribution < -0.4 is 5.32 Å². The largest absolute Gasteiger partial charge is 0.465 e. The molecule has 3 aliphatic heterocycles. The Morgan fingerprint density at radius 2 is 1.20 bits per heavy atom. The van der Waals surface area contributed by atoms with Crippen molar-refractivity contribution in [3.8, 4) is 0 Å². The first-order valence-corrected chi connectivity index (χ1v) is 18.3. The minimum Gasteiger partial charge on any atom is -0.465 e. The van der Waals surface area contributed by atoms with E-state index in [0.717, 1.165) is 44.8 Å². The summed E-state index contributed by atoms with van der Waals surface area (Å²) in [5.74, 6) is -0.600. The summed E-state index contributed by atoms with van der Waals surface area (Å²) in [6.45, 7) is 16.8. The number of piperazine rings is 2. The van der Waals surface area contributed by atoms with Crippen LogP contribution in [0.1, 0.15) is 92.2 Å². The maximum Gasteiger partial charge on any atom is 0.338 e. The fourth-order valence-corrected chi connectivity index (χ4v) is 7.79. The highest BCUT2D eigenvalue weighted by Gasteiger charge is 2.40. The smallest absolute Gasteiger partial charge is 0.338 e. The molecular formula is C41H51N5O5. The van der Waals surface area contributed by atoms with Crippen LogP contribution in [-0.4, -0.2) is 116 Å². The maximum atomic E-state index is 14.7. The van der Waals surface area contributed by atoms with E-state index in [0.29, 0.717) is 60.4 Å². The number of carbonyl (C=O) groups is 4. The first kappa shape index (κ1) is 36.3. The van der Waals surface area contributed by atoms with E-state index in [4.69, 9.17) is 4.74 Å². The lowest BCUT2D eigenvalue weighted by Gasteiger charge is -2.37. The van der Waals surface area contributed by atoms with Gasteiger partial charge in [0.25, 0.3) is 11.8 Å². The van der Waals surface area contributed by atoms with Gasteiger partial charge in [-0.2, -0.15) is 0 Å². The number of anilines is 1. The van der Waals surface area contributed by atoms with E-state index in [1.165, 1.54) is 7.11 Å². The van der Waals surface area contributed by atoms with Gasteiger partial charge in [0.1, 0.15) is 0 Å². The van der Waals surface area contributed by atoms with Gasteiger partial charge in [0.15, 0.2) is 5.78 Å². The number of fused-ring (bicyclic) bond motifs is 1. The Morgan fingerprint density at radius 1 is 0.706 bits per heavy atom. The lowest BCUT2D eigenvalue weighted by atomic mass is 9.76. The number of nitrogens with zero attached hydrogens (tertiary/aromatic N) is 4. The molecule has 3 heterocycles. The molecule has 2 saturated heterocycles. The molecule has 270 valence electrons. The van der Waals surface area contributed by atoms with Crippen molar-refractivity contribution in [3.63, 3.8) is 0 Å². The molecule has 0 bridgehead atoms. The molecule has 2 fully saturated rings. The van der Waals surface area contributed by atoms with Crippen molar-refractivity contribution in [2.45, 2.75) is 39.7 Å². The van der Waals surface area contributed by atoms with Gasteiger partial charge in [-0.3, -0.25) is 24.2 Å². The average molecular weight is 694 g/mol. The zero-order valence-electron chi connectivity index (χ0n) is 30.6. The van der Waals surface area contributed by atoms with Gasteiger partial charge < -0.3 is 19.9 Å². The Bertz CT molecular complexity index is 1760. The maximum absolute atomic E-state index is 14.7. The molecule has 2 amide bonds. The molecule has 3 aliphatic rings. The fraction of sp³-hybridized carbons (Fsp3) is 0.463. The second-order valence-electron chi connectivity index (χ2n) is 14.9. The Morgan fingerprint density at radius 3 is 1.71 bits per heavy atom. The first-order valence-electron chi connectivity index (χ1n) is 18.3. The molecule has 3 aromatic rings. The number of Topliss-reactive ketones (excluding diaryl/α,β-unsaturated/α-hetero) is 1. The molecule has 3 aromatic carbocycles. The fourth-order valence-electron chi connectivity index (χ4n) is 7.79. The first-order chi connectivity index (χ1) is 24.5. The van der Waals surface area contributed by atoms with Crippen molar-refractivity contribution < 1.29 is 23.9 Å². The normalized spacial score (nSPS) is 19.9. The molecule has 2 atom stereocenters. The van der Waals surface area contributed by atoms with Crippen molar-refractivity contribution in [2.75, 3.05) is 77.9 Å². The topological polar surface area (TPSA) is 102 Å². The predicted octanol–water partition coefficient (Wildman–Crippen LogP) is 5.43. The Balaban J connectivity index is 1.32. The molecule has 2 unspecified atom stereocenters. The zero-order valence-corrected chi connectivity index (χ0v) is 30.6. The zero-order chi connectivity index (χ0) is 36.2. The number of ketones is 1. The van der Waals surface area contributed by atoms with Crippen LogP contribution >= 0.6 is 0 Å². The van der Waals surface area contributed by atoms with E-state index < -0.39 is 17.9 Å². The van der Waals surface area contributed by atoms with Crippen molar-refractivity contribution >= 4 is 29.3 Å². The molecule has 0 radical (unpaired) electrons. The number of esters is 1. The quantitative estimate of drug-likeness (QED) is 0.296. The van der Waals surface area contributed by atoms with Gasteiger partial charge >= 0.3 is 5.97 Å². The number of nitrogens with one attached hydrogen (secondary N) is 1. The van der Waals surface area contributed by atoms with E-state index in [9.17, 15) is 19.2 Å². The summed E-state index contributed by atoms with van der Waals surface area (Å²) < 4.78 is 5.06. The Labute approximate surface area is 301 Å². The molecule has 51 heavy (non-hydrogen) atoms. The van der Waals surface area contributed by atoms with Gasteiger partial charge in [-0.1, -0.05) is 58.0 Å². The minimum absolute atomic E-state index is 0.0332. The summed E-state index contributed by atoms with van der Waals surface area (Å²) in [5.41, 5.74) is 3.47. The SMILES string of the molecule is COC(=O)c1cccc2c1C(=O)C(c1cccc(C(=O)N3CCN(CC(C)C)CC3)c1)C(c1cccc(C(=O)N3CCN(CC(C)C)CC3)c1)N2. The summed E-state index contributed by atoms with van der Waals surface area (Å²) in [6.07, 6.45) is 0. The molecule has 0 spiro atoms. The van der Waals surface area contributed by atoms with Crippen LogP contribution in [-0.2, 0) is 4.74 Å². The van der Waals surface area contributed by atoms with Crippen LogP contribution in [0.4, 0.5) is 5.69 Å². The van der Waals surface area contributed by atoms with Gasteiger partial charge in [0.05, 0.1) is 30.2 Å². The minimum atomic E-state index is -0.788. The molecule has 1 N–H and O–H groups in total. The molecule has 0 saturated carbocycles. The van der Waals surface area contributed by atoms with Crippen LogP contribution in [0.3, 0.4) is 0 Å². The summed E-state index contributed by atoms with van der Waals surface area (Å²) in [7, 11) is 1.30. The van der Waals surface area contributed by atoms with Gasteiger partial charge in [0.2, 0.25) is 0 Å². The van der Waals surface area contributed by atoms with Crippen molar-refractivity contribution in [1.29, 1.82) is 0 Å². The molecular weight excluding hydrogens is 642 g/mol. The van der Waals surface area contributed by atoms with Gasteiger partial charge in [-0.05, 0) is 59.4 Å². The Hall–Kier alpha value is -4.54. The lowest BCUT2D eigenvalue weighted by molar-refractivity contribution is 0.0593. The lowest BCUT2D eigenvalue weighted by Crippen LogP contribution is -2.49. The Kier molecular flexibility index (Phi) is 11.2. The third-order valence-corrected chi connectivity index (χ3v) is 10.2. The van der Waals surface area contributed by atoms with Crippen LogP contribution in [0.25, 0.3) is 0 Å². The molecule has 10 heteroatoms. The highest BCUT2D eigenvalue weighted by Crippen LogP contribution is 2.44. The highest BCUT2D eigenvalue weighted by molar-refractivity contribution is 6.14. The summed E-state index contributed by atoms with van der Waals surface area (Å²) in [5, 5.41) is 3.55. The summed E-state index contributed by atoms with van der Waals surface area (Å²) in [6, 6.07) is 19.3. The molecule has 0 aromatic heterocycles. The number of ether oxygens (including phenoxy) is 1. The number of hydrogen-bond donors (Lipinski definition) is 1. The number of carbonyl (C=O) groups excluding carboxylic acids is 4. The van der Waals surface area contributed by atoms with Crippen LogP contribution in [0.5, 0.6) is 0 Å². The average Bonchev–Trinajstić information content (AvgIpc) is 3.13. The van der Waals surface area contributed by atoms with Crippen LogP contribution in [0.2, 0.25) is 0 Å². The number of hydrogen-bond acceptors (Lipinski definition) is 8. The van der Waals surface area contributed by atoms with Gasteiger partial charge in [0, 0.05) is 82.3 Å². The number of amides is 2. The molecule has 10 nitrogen and oxygen atoms in total. The summed E-state index contributed by atoms with van der Waals surface area (Å²) in [4.78, 5) is 63.8. The standard InChI is InChI=1S/C41H51N5O5/c1-27(2)25-43-15-19-45(20-16-43)39(48)31-11-6-9-29(23-31)35-37(42-34-14-8-13-33(41(50)51-5)36(34)38(35)47)30-10-7-12-32(24-30)40(49)46-21-17-44(18-22-46)26-28(3)4/h6-14,23-24,27-28,35,37,42H,15-22,25-26H2,1-5H3. The van der Waals surface area contributed by atoms with E-state index in [-0.39, 0.29) is 28.7 Å². The number of rotatable bonds is 9. The third-order valence-electron chi connectivity index (χ3n) is 10.2. The monoisotopic (exact) mass is 693 g/mol. The molecule has 0 aliphatic carbocycles. The summed E-state index contributed by atoms with van der Waals surface area (Å²) >= 11 is 0. The van der Waals surface area contributed by atoms with Crippen molar-refractivity contribution in [1.82, 2.24) is 19.6 Å². The second kappa shape index (κ2) is 15.8. The van der Waals surface area contributed by atoms with E-state index >= 15 is 0 Å². The van der Waals surface area contributed by atoms with Crippen LogP contribution in [0, 0.1) is 11.8 Å². The van der Waals surface area contributed by atoms with Crippen molar-refractivity contribution in [2.24, 2.45) is 11.8 Å². The van der Waals surface area contributed by atoms with Crippen LogP contribution in [0.15, 0.2) is 66.7 Å². The second-order valence-corrected chi connectivity index (χ2v) is 14.9.